The average molecular weight is 343 g/mol. The van der Waals surface area contributed by atoms with Gasteiger partial charge in [-0.3, -0.25) is 4.79 Å². The lowest BCUT2D eigenvalue weighted by Gasteiger charge is -2.17. The molecule has 4 rings (SSSR count). The molecule has 1 N–H and O–H groups in total. The number of hydrogen-bond donors (Lipinski definition) is 1. The van der Waals surface area contributed by atoms with Crippen molar-refractivity contribution >= 4 is 11.7 Å². The highest BCUT2D eigenvalue weighted by atomic mass is 16.5. The maximum absolute atomic E-state index is 11.3. The van der Waals surface area contributed by atoms with Gasteiger partial charge in [-0.25, -0.2) is 0 Å². The molecule has 0 saturated heterocycles. The van der Waals surface area contributed by atoms with E-state index in [2.05, 4.69) is 78.1 Å². The van der Waals surface area contributed by atoms with E-state index in [0.29, 0.717) is 12.8 Å². The second kappa shape index (κ2) is 7.04. The highest BCUT2D eigenvalue weighted by Crippen LogP contribution is 2.44. The zero-order valence-corrected chi connectivity index (χ0v) is 14.7. The number of methoxy groups -OCH3 is 1. The van der Waals surface area contributed by atoms with Gasteiger partial charge in [0.1, 0.15) is 0 Å². The van der Waals surface area contributed by atoms with Crippen molar-refractivity contribution in [2.24, 2.45) is 0 Å². The standard InChI is InChI=1S/C23H21NO2/c1-26-22(25)15-12-16-10-13-17(14-11-16)24-23-20-8-4-2-6-18(20)19-7-3-5-9-21(19)23/h2-11,13-14,23-24H,12,15H2,1H3. The number of benzene rings is 3. The number of anilines is 1. The first-order valence-corrected chi connectivity index (χ1v) is 8.87. The lowest BCUT2D eigenvalue weighted by Crippen LogP contribution is -2.09. The summed E-state index contributed by atoms with van der Waals surface area (Å²) < 4.78 is 4.70. The van der Waals surface area contributed by atoms with Crippen LogP contribution in [0.3, 0.4) is 0 Å². The summed E-state index contributed by atoms with van der Waals surface area (Å²) in [6, 6.07) is 25.6. The number of ether oxygens (including phenoxy) is 1. The first-order chi connectivity index (χ1) is 12.8. The molecule has 0 atom stereocenters. The highest BCUT2D eigenvalue weighted by Gasteiger charge is 2.27. The van der Waals surface area contributed by atoms with Crippen molar-refractivity contribution in [3.8, 4) is 11.1 Å². The smallest absolute Gasteiger partial charge is 0.305 e. The average Bonchev–Trinajstić information content (AvgIpc) is 3.01. The number of nitrogens with one attached hydrogen (secondary N) is 1. The van der Waals surface area contributed by atoms with Crippen LogP contribution in [0.25, 0.3) is 11.1 Å². The molecule has 1 aliphatic carbocycles. The summed E-state index contributed by atoms with van der Waals surface area (Å²) in [4.78, 5) is 11.3. The quantitative estimate of drug-likeness (QED) is 0.664. The number of rotatable bonds is 5. The van der Waals surface area contributed by atoms with Crippen molar-refractivity contribution in [3.63, 3.8) is 0 Å². The maximum Gasteiger partial charge on any atom is 0.305 e. The van der Waals surface area contributed by atoms with Gasteiger partial charge in [-0.15, -0.1) is 0 Å². The summed E-state index contributed by atoms with van der Waals surface area (Å²) in [5, 5.41) is 3.66. The molecule has 130 valence electrons. The monoisotopic (exact) mass is 343 g/mol. The van der Waals surface area contributed by atoms with Crippen molar-refractivity contribution in [1.82, 2.24) is 0 Å². The van der Waals surface area contributed by atoms with E-state index in [4.69, 9.17) is 4.74 Å². The van der Waals surface area contributed by atoms with Crippen molar-refractivity contribution in [3.05, 3.63) is 89.5 Å². The van der Waals surface area contributed by atoms with E-state index in [0.717, 1.165) is 11.3 Å². The maximum atomic E-state index is 11.3. The molecule has 26 heavy (non-hydrogen) atoms. The number of carbonyl (C=O) groups is 1. The molecule has 0 aliphatic heterocycles. The lowest BCUT2D eigenvalue weighted by atomic mass is 10.0. The van der Waals surface area contributed by atoms with Gasteiger partial charge in [-0.2, -0.15) is 0 Å². The Morgan fingerprint density at radius 2 is 1.46 bits per heavy atom. The van der Waals surface area contributed by atoms with Crippen LogP contribution in [-0.4, -0.2) is 13.1 Å². The number of esters is 1. The Balaban J connectivity index is 1.55. The van der Waals surface area contributed by atoms with Gasteiger partial charge in [0.15, 0.2) is 0 Å². The molecule has 0 bridgehead atoms. The molecule has 3 aromatic carbocycles. The number of hydrogen-bond acceptors (Lipinski definition) is 3. The fourth-order valence-corrected chi connectivity index (χ4v) is 3.59. The SMILES string of the molecule is COC(=O)CCc1ccc(NC2c3ccccc3-c3ccccc32)cc1. The largest absolute Gasteiger partial charge is 0.469 e. The van der Waals surface area contributed by atoms with Gasteiger partial charge in [0.25, 0.3) is 0 Å². The molecule has 0 amide bonds. The van der Waals surface area contributed by atoms with Crippen molar-refractivity contribution in [2.45, 2.75) is 18.9 Å². The Morgan fingerprint density at radius 1 is 0.885 bits per heavy atom. The summed E-state index contributed by atoms with van der Waals surface area (Å²) in [6.45, 7) is 0. The summed E-state index contributed by atoms with van der Waals surface area (Å²) in [6.07, 6.45) is 1.11. The molecular weight excluding hydrogens is 322 g/mol. The molecule has 3 heteroatoms. The predicted molar refractivity (Wildman–Crippen MR) is 104 cm³/mol. The molecule has 0 fully saturated rings. The molecular formula is C23H21NO2. The van der Waals surface area contributed by atoms with Crippen molar-refractivity contribution < 1.29 is 9.53 Å². The number of aryl methyl sites for hydroxylation is 1. The third-order valence-corrected chi connectivity index (χ3v) is 4.94. The number of carbonyl (C=O) groups excluding carboxylic acids is 1. The highest BCUT2D eigenvalue weighted by molar-refractivity contribution is 5.80. The van der Waals surface area contributed by atoms with Crippen LogP contribution in [0, 0.1) is 0 Å². The van der Waals surface area contributed by atoms with E-state index in [1.54, 1.807) is 0 Å². The third kappa shape index (κ3) is 3.08. The zero-order valence-electron chi connectivity index (χ0n) is 14.7. The summed E-state index contributed by atoms with van der Waals surface area (Å²) in [7, 11) is 1.42. The van der Waals surface area contributed by atoms with Crippen LogP contribution in [0.15, 0.2) is 72.8 Å². The Labute approximate surface area is 153 Å². The molecule has 0 saturated carbocycles. The van der Waals surface area contributed by atoms with E-state index in [-0.39, 0.29) is 12.0 Å². The normalized spacial score (nSPS) is 12.3. The third-order valence-electron chi connectivity index (χ3n) is 4.94. The predicted octanol–water partition coefficient (Wildman–Crippen LogP) is 4.97. The minimum absolute atomic E-state index is 0.156. The Morgan fingerprint density at radius 3 is 2.04 bits per heavy atom. The molecule has 0 unspecified atom stereocenters. The first-order valence-electron chi connectivity index (χ1n) is 8.87. The molecule has 0 heterocycles. The van der Waals surface area contributed by atoms with Gasteiger partial charge in [0.05, 0.1) is 13.2 Å². The van der Waals surface area contributed by atoms with Gasteiger partial charge in [-0.1, -0.05) is 60.7 Å². The minimum atomic E-state index is -0.175. The number of fused-ring (bicyclic) bond motifs is 3. The van der Waals surface area contributed by atoms with Crippen LogP contribution >= 0.6 is 0 Å². The lowest BCUT2D eigenvalue weighted by molar-refractivity contribution is -0.140. The second-order valence-electron chi connectivity index (χ2n) is 6.52. The molecule has 3 nitrogen and oxygen atoms in total. The van der Waals surface area contributed by atoms with Crippen LogP contribution in [0.5, 0.6) is 0 Å². The first kappa shape index (κ1) is 16.4. The van der Waals surface area contributed by atoms with E-state index in [1.807, 2.05) is 0 Å². The van der Waals surface area contributed by atoms with E-state index in [9.17, 15) is 4.79 Å². The van der Waals surface area contributed by atoms with Gasteiger partial charge < -0.3 is 10.1 Å². The van der Waals surface area contributed by atoms with Gasteiger partial charge >= 0.3 is 5.97 Å². The van der Waals surface area contributed by atoms with E-state index >= 15 is 0 Å². The Bertz CT molecular complexity index is 885. The fourth-order valence-electron chi connectivity index (χ4n) is 3.59. The van der Waals surface area contributed by atoms with Crippen molar-refractivity contribution in [2.75, 3.05) is 12.4 Å². The van der Waals surface area contributed by atoms with Gasteiger partial charge in [0, 0.05) is 12.1 Å². The van der Waals surface area contributed by atoms with Crippen LogP contribution < -0.4 is 5.32 Å². The molecule has 0 aromatic heterocycles. The van der Waals surface area contributed by atoms with E-state index in [1.165, 1.54) is 29.4 Å². The van der Waals surface area contributed by atoms with Gasteiger partial charge in [-0.05, 0) is 46.4 Å². The Hall–Kier alpha value is -3.07. The minimum Gasteiger partial charge on any atom is -0.469 e. The molecule has 1 aliphatic rings. The molecule has 0 spiro atoms. The summed E-state index contributed by atoms with van der Waals surface area (Å²) in [5.41, 5.74) is 7.43. The molecule has 3 aromatic rings. The van der Waals surface area contributed by atoms with Crippen LogP contribution in [0.2, 0.25) is 0 Å². The molecule has 0 radical (unpaired) electrons. The van der Waals surface area contributed by atoms with Crippen LogP contribution in [0.4, 0.5) is 5.69 Å². The topological polar surface area (TPSA) is 38.3 Å². The summed E-state index contributed by atoms with van der Waals surface area (Å²) >= 11 is 0. The van der Waals surface area contributed by atoms with Crippen LogP contribution in [0.1, 0.15) is 29.2 Å². The fraction of sp³-hybridized carbons (Fsp3) is 0.174. The second-order valence-corrected chi connectivity index (χ2v) is 6.52. The van der Waals surface area contributed by atoms with Crippen molar-refractivity contribution in [1.29, 1.82) is 0 Å². The van der Waals surface area contributed by atoms with E-state index < -0.39 is 0 Å². The summed E-state index contributed by atoms with van der Waals surface area (Å²) in [5.74, 6) is -0.175. The zero-order chi connectivity index (χ0) is 17.9. The Kier molecular flexibility index (Phi) is 4.44. The van der Waals surface area contributed by atoms with Gasteiger partial charge in [0.2, 0.25) is 0 Å². The van der Waals surface area contributed by atoms with Crippen LogP contribution in [-0.2, 0) is 16.0 Å².